The first-order valence-corrected chi connectivity index (χ1v) is 9.63. The summed E-state index contributed by atoms with van der Waals surface area (Å²) in [5.41, 5.74) is 1.42. The van der Waals surface area contributed by atoms with Crippen LogP contribution in [0.1, 0.15) is 10.5 Å². The third kappa shape index (κ3) is 3.53. The zero-order valence-corrected chi connectivity index (χ0v) is 16.4. The number of fused-ring (bicyclic) bond motifs is 1. The topological polar surface area (TPSA) is 73.9 Å². The number of hydrogen-bond acceptors (Lipinski definition) is 4. The quantitative estimate of drug-likeness (QED) is 0.454. The molecule has 1 amide bonds. The zero-order valence-electron chi connectivity index (χ0n) is 16.4. The lowest BCUT2D eigenvalue weighted by Gasteiger charge is -2.39. The summed E-state index contributed by atoms with van der Waals surface area (Å²) in [6.07, 6.45) is 1.37. The van der Waals surface area contributed by atoms with Crippen LogP contribution >= 0.6 is 0 Å². The van der Waals surface area contributed by atoms with E-state index in [1.54, 1.807) is 30.3 Å². The Balaban J connectivity index is 1.38. The molecule has 1 saturated heterocycles. The van der Waals surface area contributed by atoms with Crippen molar-refractivity contribution in [3.05, 3.63) is 72.1 Å². The molecule has 0 bridgehead atoms. The number of aromatic nitrogens is 3. The van der Waals surface area contributed by atoms with Gasteiger partial charge in [0.25, 0.3) is 11.8 Å². The molecule has 162 valence electrons. The number of nitrogens with zero attached hydrogens (tertiary/aromatic N) is 3. The predicted molar refractivity (Wildman–Crippen MR) is 111 cm³/mol. The fraction of sp³-hybridized carbons (Fsp3) is 0.136. The molecule has 10 heteroatoms. The lowest BCUT2D eigenvalue weighted by molar-refractivity contribution is -0.0267. The Morgan fingerprint density at radius 1 is 1.09 bits per heavy atom. The van der Waals surface area contributed by atoms with E-state index >= 15 is 0 Å². The molecule has 2 aromatic heterocycles. The number of rotatable bonds is 4. The van der Waals surface area contributed by atoms with E-state index in [0.717, 1.165) is 6.07 Å². The smallest absolute Gasteiger partial charge is 0.282 e. The molecule has 1 fully saturated rings. The van der Waals surface area contributed by atoms with Gasteiger partial charge in [-0.25, -0.2) is 22.5 Å². The average molecular weight is 441 g/mol. The maximum atomic E-state index is 14.2. The summed E-state index contributed by atoms with van der Waals surface area (Å²) in [5.74, 6) is -4.81. The normalized spacial score (nSPS) is 14.9. The molecule has 6 nitrogen and oxygen atoms in total. The summed E-state index contributed by atoms with van der Waals surface area (Å²) < 4.78 is 53.8. The van der Waals surface area contributed by atoms with Crippen molar-refractivity contribution < 1.29 is 22.4 Å². The Hall–Kier alpha value is -3.95. The number of anilines is 2. The molecule has 32 heavy (non-hydrogen) atoms. The van der Waals surface area contributed by atoms with E-state index in [1.165, 1.54) is 23.2 Å². The number of aromatic amines is 1. The van der Waals surface area contributed by atoms with Crippen LogP contribution in [0.3, 0.4) is 0 Å². The van der Waals surface area contributed by atoms with Crippen molar-refractivity contribution in [1.29, 1.82) is 0 Å². The Labute approximate surface area is 178 Å². The molecule has 4 aromatic rings. The number of nitrogens with one attached hydrogen (secondary N) is 2. The summed E-state index contributed by atoms with van der Waals surface area (Å²) in [7, 11) is 0. The highest BCUT2D eigenvalue weighted by atomic mass is 19.3. The number of amides is 1. The van der Waals surface area contributed by atoms with Gasteiger partial charge in [0.2, 0.25) is 0 Å². The first-order valence-electron chi connectivity index (χ1n) is 9.63. The second-order valence-corrected chi connectivity index (χ2v) is 7.51. The maximum Gasteiger partial charge on any atom is 0.282 e. The van der Waals surface area contributed by atoms with Crippen LogP contribution in [0, 0.1) is 11.6 Å². The molecular formula is C22H15F4N5O. The van der Waals surface area contributed by atoms with Crippen LogP contribution in [0.4, 0.5) is 29.1 Å². The van der Waals surface area contributed by atoms with E-state index in [1.807, 2.05) is 0 Å². The van der Waals surface area contributed by atoms with Crippen molar-refractivity contribution in [1.82, 2.24) is 15.2 Å². The van der Waals surface area contributed by atoms with Gasteiger partial charge in [-0.1, -0.05) is 18.2 Å². The van der Waals surface area contributed by atoms with Gasteiger partial charge in [0, 0.05) is 10.9 Å². The van der Waals surface area contributed by atoms with E-state index in [4.69, 9.17) is 0 Å². The van der Waals surface area contributed by atoms with Crippen LogP contribution in [-0.2, 0) is 0 Å². The highest BCUT2D eigenvalue weighted by Gasteiger charge is 2.44. The minimum Gasteiger partial charge on any atom is -0.344 e. The molecule has 0 spiro atoms. The summed E-state index contributed by atoms with van der Waals surface area (Å²) in [5, 5.41) is 9.84. The Morgan fingerprint density at radius 2 is 1.91 bits per heavy atom. The number of pyridine rings is 1. The van der Waals surface area contributed by atoms with Gasteiger partial charge in [0.05, 0.1) is 30.5 Å². The molecule has 0 aliphatic carbocycles. The molecular weight excluding hydrogens is 426 g/mol. The lowest BCUT2D eigenvalue weighted by atomic mass is 10.0. The fourth-order valence-corrected chi connectivity index (χ4v) is 3.59. The monoisotopic (exact) mass is 441 g/mol. The Kier molecular flexibility index (Phi) is 4.58. The van der Waals surface area contributed by atoms with Gasteiger partial charge < -0.3 is 10.2 Å². The number of halogens is 4. The second kappa shape index (κ2) is 7.33. The van der Waals surface area contributed by atoms with Crippen molar-refractivity contribution in [2.75, 3.05) is 23.3 Å². The molecule has 0 radical (unpaired) electrons. The van der Waals surface area contributed by atoms with Crippen LogP contribution in [0.15, 0.2) is 54.7 Å². The average Bonchev–Trinajstić information content (AvgIpc) is 3.18. The van der Waals surface area contributed by atoms with Gasteiger partial charge in [-0.15, -0.1) is 0 Å². The van der Waals surface area contributed by atoms with Gasteiger partial charge in [0.1, 0.15) is 5.82 Å². The van der Waals surface area contributed by atoms with E-state index < -0.39 is 23.5 Å². The van der Waals surface area contributed by atoms with E-state index in [-0.39, 0.29) is 24.3 Å². The van der Waals surface area contributed by atoms with Gasteiger partial charge in [-0.2, -0.15) is 5.10 Å². The first-order chi connectivity index (χ1) is 15.3. The van der Waals surface area contributed by atoms with Crippen molar-refractivity contribution in [3.8, 4) is 11.1 Å². The highest BCUT2D eigenvalue weighted by molar-refractivity contribution is 6.11. The maximum absolute atomic E-state index is 14.2. The summed E-state index contributed by atoms with van der Waals surface area (Å²) in [6.45, 7) is -0.779. The number of benzene rings is 2. The fourth-order valence-electron chi connectivity index (χ4n) is 3.59. The van der Waals surface area contributed by atoms with E-state index in [9.17, 15) is 22.4 Å². The van der Waals surface area contributed by atoms with Crippen LogP contribution in [0.25, 0.3) is 22.0 Å². The molecule has 0 unspecified atom stereocenters. The minimum atomic E-state index is -2.71. The first kappa shape index (κ1) is 20.0. The number of hydrogen-bond donors (Lipinski definition) is 2. The zero-order chi connectivity index (χ0) is 22.5. The SMILES string of the molecule is O=C(Nc1ccc(N2CC(F)(F)C2)nc1)c1n[nH]c2ccc(-c3cccc(F)c3F)cc12. The number of alkyl halides is 2. The molecule has 1 aliphatic rings. The highest BCUT2D eigenvalue weighted by Crippen LogP contribution is 2.31. The molecule has 2 aromatic carbocycles. The van der Waals surface area contributed by atoms with Gasteiger partial charge >= 0.3 is 0 Å². The molecule has 5 rings (SSSR count). The summed E-state index contributed by atoms with van der Waals surface area (Å²) in [6, 6.07) is 11.7. The Morgan fingerprint density at radius 3 is 2.62 bits per heavy atom. The van der Waals surface area contributed by atoms with Crippen molar-refractivity contribution in [3.63, 3.8) is 0 Å². The predicted octanol–water partition coefficient (Wildman–Crippen LogP) is 4.61. The lowest BCUT2D eigenvalue weighted by Crippen LogP contribution is -2.56. The molecule has 2 N–H and O–H groups in total. The van der Waals surface area contributed by atoms with Crippen LogP contribution in [0.5, 0.6) is 0 Å². The van der Waals surface area contributed by atoms with E-state index in [0.29, 0.717) is 28.0 Å². The second-order valence-electron chi connectivity index (χ2n) is 7.51. The van der Waals surface area contributed by atoms with E-state index in [2.05, 4.69) is 20.5 Å². The van der Waals surface area contributed by atoms with Gasteiger partial charge in [0.15, 0.2) is 17.3 Å². The van der Waals surface area contributed by atoms with Crippen molar-refractivity contribution in [2.24, 2.45) is 0 Å². The molecule has 0 saturated carbocycles. The van der Waals surface area contributed by atoms with Gasteiger partial charge in [-0.3, -0.25) is 9.89 Å². The van der Waals surface area contributed by atoms with Crippen LogP contribution < -0.4 is 10.2 Å². The third-order valence-electron chi connectivity index (χ3n) is 5.21. The number of H-pyrrole nitrogens is 1. The number of carbonyl (C=O) groups excluding carboxylic acids is 1. The summed E-state index contributed by atoms with van der Waals surface area (Å²) >= 11 is 0. The standard InChI is InChI=1S/C22H15F4N5O/c23-16-3-1-2-14(19(16)24)12-4-6-17-15(8-12)20(30-29-17)21(32)28-13-5-7-18(27-9-13)31-10-22(25,26)11-31/h1-9H,10-11H2,(H,28,32)(H,29,30). The minimum absolute atomic E-state index is 0.0603. The van der Waals surface area contributed by atoms with Gasteiger partial charge in [-0.05, 0) is 35.9 Å². The van der Waals surface area contributed by atoms with Crippen molar-refractivity contribution >= 4 is 28.3 Å². The molecule has 0 atom stereocenters. The largest absolute Gasteiger partial charge is 0.344 e. The van der Waals surface area contributed by atoms with Crippen molar-refractivity contribution in [2.45, 2.75) is 5.92 Å². The number of carbonyl (C=O) groups is 1. The van der Waals surface area contributed by atoms with Crippen LogP contribution in [0.2, 0.25) is 0 Å². The molecule has 3 heterocycles. The Bertz CT molecular complexity index is 1330. The summed E-state index contributed by atoms with van der Waals surface area (Å²) in [4.78, 5) is 18.3. The molecule has 1 aliphatic heterocycles. The third-order valence-corrected chi connectivity index (χ3v) is 5.21. The van der Waals surface area contributed by atoms with Crippen LogP contribution in [-0.4, -0.2) is 40.1 Å².